The summed E-state index contributed by atoms with van der Waals surface area (Å²) in [6.45, 7) is 5.91. The standard InChI is InChI=1S/C19H23FN6O2/c1-4-13(27)26-9-12(6-5-10(26)2)23-18-15(20)17-14(19(28)25-17)16(24-18)11(7-21)8-22-3/h4,7-8,10,12H,1,5-6,9,21H2,2-3H3,(H,23,24)(H,25,28)/t10-,12+/m1/s1. The molecule has 2 aliphatic heterocycles. The second-order valence-electron chi connectivity index (χ2n) is 6.80. The van der Waals surface area contributed by atoms with Crippen LogP contribution in [0.4, 0.5) is 15.9 Å². The summed E-state index contributed by atoms with van der Waals surface area (Å²) in [5.74, 6) is -1.21. The largest absolute Gasteiger partial charge is 0.404 e. The monoisotopic (exact) mass is 386 g/mol. The molecule has 0 aliphatic carbocycles. The first-order valence-electron chi connectivity index (χ1n) is 9.00. The molecular weight excluding hydrogens is 363 g/mol. The van der Waals surface area contributed by atoms with Crippen molar-refractivity contribution in [3.05, 3.63) is 35.9 Å². The zero-order valence-electron chi connectivity index (χ0n) is 15.8. The van der Waals surface area contributed by atoms with Gasteiger partial charge in [0.25, 0.3) is 5.91 Å². The summed E-state index contributed by atoms with van der Waals surface area (Å²) in [7, 11) is 1.56. The van der Waals surface area contributed by atoms with Crippen LogP contribution in [-0.4, -0.2) is 53.6 Å². The highest BCUT2D eigenvalue weighted by Gasteiger charge is 2.35. The molecule has 1 aromatic heterocycles. The Morgan fingerprint density at radius 3 is 2.86 bits per heavy atom. The number of allylic oxidation sites excluding steroid dienone is 1. The molecule has 3 heterocycles. The number of pyridine rings is 1. The first-order valence-corrected chi connectivity index (χ1v) is 9.00. The highest BCUT2D eigenvalue weighted by molar-refractivity contribution is 6.24. The van der Waals surface area contributed by atoms with E-state index in [1.807, 2.05) is 6.92 Å². The third-order valence-electron chi connectivity index (χ3n) is 5.01. The molecule has 0 aromatic carbocycles. The topological polar surface area (TPSA) is 113 Å². The summed E-state index contributed by atoms with van der Waals surface area (Å²) in [4.78, 5) is 33.9. The first kappa shape index (κ1) is 19.5. The van der Waals surface area contributed by atoms with Crippen molar-refractivity contribution in [1.82, 2.24) is 9.88 Å². The van der Waals surface area contributed by atoms with Gasteiger partial charge in [0.2, 0.25) is 5.91 Å². The molecule has 9 heteroatoms. The van der Waals surface area contributed by atoms with Crippen LogP contribution in [0.3, 0.4) is 0 Å². The molecule has 0 radical (unpaired) electrons. The predicted molar refractivity (Wildman–Crippen MR) is 107 cm³/mol. The van der Waals surface area contributed by atoms with Crippen LogP contribution in [0.25, 0.3) is 5.57 Å². The SMILES string of the molecule is C=CC(=O)N1C[C@@H](Nc2nc(C(C=NC)=CN)c3c(c2F)NC3=O)CC[C@H]1C. The summed E-state index contributed by atoms with van der Waals surface area (Å²) < 4.78 is 14.9. The molecule has 28 heavy (non-hydrogen) atoms. The van der Waals surface area contributed by atoms with Crippen molar-refractivity contribution in [1.29, 1.82) is 0 Å². The quantitative estimate of drug-likeness (QED) is 0.527. The third kappa shape index (κ3) is 3.35. The van der Waals surface area contributed by atoms with Crippen molar-refractivity contribution >= 4 is 35.1 Å². The lowest BCUT2D eigenvalue weighted by Crippen LogP contribution is -2.49. The smallest absolute Gasteiger partial charge is 0.260 e. The van der Waals surface area contributed by atoms with Crippen LogP contribution >= 0.6 is 0 Å². The van der Waals surface area contributed by atoms with E-state index in [1.54, 1.807) is 11.9 Å². The molecule has 148 valence electrons. The van der Waals surface area contributed by atoms with Gasteiger partial charge in [-0.2, -0.15) is 0 Å². The number of amides is 2. The molecule has 2 aliphatic rings. The van der Waals surface area contributed by atoms with E-state index in [9.17, 15) is 14.0 Å². The van der Waals surface area contributed by atoms with Crippen molar-refractivity contribution in [3.63, 3.8) is 0 Å². The Morgan fingerprint density at radius 1 is 1.50 bits per heavy atom. The molecule has 3 rings (SSSR count). The number of aromatic nitrogens is 1. The summed E-state index contributed by atoms with van der Waals surface area (Å²) in [5, 5.41) is 5.53. The van der Waals surface area contributed by atoms with Crippen LogP contribution in [-0.2, 0) is 4.79 Å². The minimum Gasteiger partial charge on any atom is -0.404 e. The summed E-state index contributed by atoms with van der Waals surface area (Å²) >= 11 is 0. The average Bonchev–Trinajstić information content (AvgIpc) is 2.68. The number of nitrogens with zero attached hydrogens (tertiary/aromatic N) is 3. The lowest BCUT2D eigenvalue weighted by molar-refractivity contribution is -0.129. The van der Waals surface area contributed by atoms with Crippen LogP contribution in [0, 0.1) is 5.82 Å². The minimum atomic E-state index is -0.636. The highest BCUT2D eigenvalue weighted by Crippen LogP contribution is 2.37. The third-order valence-corrected chi connectivity index (χ3v) is 5.01. The van der Waals surface area contributed by atoms with Gasteiger partial charge >= 0.3 is 0 Å². The fraction of sp³-hybridized carbons (Fsp3) is 0.368. The number of rotatable bonds is 5. The van der Waals surface area contributed by atoms with Crippen LogP contribution < -0.4 is 16.4 Å². The van der Waals surface area contributed by atoms with E-state index in [1.165, 1.54) is 18.5 Å². The number of nitrogens with two attached hydrogens (primary N) is 1. The van der Waals surface area contributed by atoms with Crippen molar-refractivity contribution in [2.24, 2.45) is 10.7 Å². The molecule has 0 spiro atoms. The molecule has 1 aromatic rings. The van der Waals surface area contributed by atoms with Crippen LogP contribution in [0.1, 0.15) is 35.8 Å². The predicted octanol–water partition coefficient (Wildman–Crippen LogP) is 1.76. The first-order chi connectivity index (χ1) is 13.4. The molecular formula is C19H23FN6O2. The van der Waals surface area contributed by atoms with Gasteiger partial charge in [0, 0.05) is 43.7 Å². The summed E-state index contributed by atoms with van der Waals surface area (Å²) in [5.41, 5.74) is 6.56. The van der Waals surface area contributed by atoms with Gasteiger partial charge in [0.1, 0.15) is 0 Å². The van der Waals surface area contributed by atoms with Crippen LogP contribution in [0.2, 0.25) is 0 Å². The Balaban J connectivity index is 1.93. The number of anilines is 2. The lowest BCUT2D eigenvalue weighted by atomic mass is 9.97. The maximum atomic E-state index is 14.9. The average molecular weight is 386 g/mol. The molecule has 0 saturated carbocycles. The van der Waals surface area contributed by atoms with Crippen molar-refractivity contribution in [2.75, 3.05) is 24.2 Å². The fourth-order valence-electron chi connectivity index (χ4n) is 3.48. The van der Waals surface area contributed by atoms with Gasteiger partial charge in [0.05, 0.1) is 16.9 Å². The van der Waals surface area contributed by atoms with Gasteiger partial charge in [-0.1, -0.05) is 6.58 Å². The molecule has 2 atom stereocenters. The summed E-state index contributed by atoms with van der Waals surface area (Å²) in [6, 6.07) is -0.102. The van der Waals surface area contributed by atoms with Gasteiger partial charge < -0.3 is 21.3 Å². The van der Waals surface area contributed by atoms with E-state index in [0.29, 0.717) is 12.1 Å². The normalized spacial score (nSPS) is 21.8. The number of carbonyl (C=O) groups excluding carboxylic acids is 2. The number of nitrogens with one attached hydrogen (secondary N) is 2. The molecule has 8 nitrogen and oxygen atoms in total. The van der Waals surface area contributed by atoms with Crippen molar-refractivity contribution in [3.8, 4) is 0 Å². The molecule has 1 fully saturated rings. The molecule has 4 N–H and O–H groups in total. The number of hydrogen-bond acceptors (Lipinski definition) is 6. The van der Waals surface area contributed by atoms with Gasteiger partial charge in [-0.05, 0) is 25.8 Å². The van der Waals surface area contributed by atoms with Crippen molar-refractivity contribution in [2.45, 2.75) is 31.8 Å². The van der Waals surface area contributed by atoms with Crippen LogP contribution in [0.5, 0.6) is 0 Å². The zero-order valence-corrected chi connectivity index (χ0v) is 15.8. The van der Waals surface area contributed by atoms with Gasteiger partial charge in [-0.25, -0.2) is 9.37 Å². The fourth-order valence-corrected chi connectivity index (χ4v) is 3.48. The van der Waals surface area contributed by atoms with Gasteiger partial charge in [-0.3, -0.25) is 14.6 Å². The molecule has 0 bridgehead atoms. The van der Waals surface area contributed by atoms with E-state index in [-0.39, 0.29) is 40.8 Å². The van der Waals surface area contributed by atoms with E-state index in [2.05, 4.69) is 27.2 Å². The Kier molecular flexibility index (Phi) is 5.43. The Morgan fingerprint density at radius 2 is 2.25 bits per heavy atom. The van der Waals surface area contributed by atoms with E-state index in [0.717, 1.165) is 12.8 Å². The molecule has 0 unspecified atom stereocenters. The second kappa shape index (κ2) is 7.79. The van der Waals surface area contributed by atoms with Gasteiger partial charge in [0.15, 0.2) is 11.6 Å². The lowest BCUT2D eigenvalue weighted by Gasteiger charge is -2.38. The van der Waals surface area contributed by atoms with E-state index in [4.69, 9.17) is 5.73 Å². The highest BCUT2D eigenvalue weighted by atomic mass is 19.1. The zero-order chi connectivity index (χ0) is 20.4. The van der Waals surface area contributed by atoms with Crippen LogP contribution in [0.15, 0.2) is 23.8 Å². The summed E-state index contributed by atoms with van der Waals surface area (Å²) in [6.07, 6.45) is 5.53. The molecule has 1 saturated heterocycles. The number of fused-ring (bicyclic) bond motifs is 1. The number of carbonyl (C=O) groups is 2. The maximum Gasteiger partial charge on any atom is 0.260 e. The Bertz CT molecular complexity index is 895. The number of likely N-dealkylation sites (tertiary alicyclic amines) is 1. The van der Waals surface area contributed by atoms with Gasteiger partial charge in [-0.15, -0.1) is 0 Å². The Labute approximate surface area is 162 Å². The van der Waals surface area contributed by atoms with Crippen molar-refractivity contribution < 1.29 is 14.0 Å². The number of aliphatic imine (C=N–C) groups is 1. The molecule has 2 amide bonds. The minimum absolute atomic E-state index is 0.00292. The van der Waals surface area contributed by atoms with E-state index < -0.39 is 11.7 Å². The Hall–Kier alpha value is -3.23. The number of hydrogen-bond donors (Lipinski definition) is 3. The number of halogens is 1. The second-order valence-corrected chi connectivity index (χ2v) is 6.80. The van der Waals surface area contributed by atoms with E-state index >= 15 is 0 Å². The maximum absolute atomic E-state index is 14.9. The number of piperidine rings is 1.